The van der Waals surface area contributed by atoms with Gasteiger partial charge in [0.25, 0.3) is 0 Å². The van der Waals surface area contributed by atoms with Gasteiger partial charge in [0.1, 0.15) is 13.2 Å². The predicted molar refractivity (Wildman–Crippen MR) is 80.1 cm³/mol. The Hall–Kier alpha value is -2.28. The van der Waals surface area contributed by atoms with Crippen LogP contribution in [0, 0.1) is 0 Å². The molecule has 1 aromatic carbocycles. The van der Waals surface area contributed by atoms with E-state index in [9.17, 15) is 9.59 Å². The largest absolute Gasteiger partial charge is 0.486 e. The van der Waals surface area contributed by atoms with Gasteiger partial charge >= 0.3 is 11.8 Å². The first-order chi connectivity index (χ1) is 10.6. The van der Waals surface area contributed by atoms with E-state index < -0.39 is 11.8 Å². The lowest BCUT2D eigenvalue weighted by molar-refractivity contribution is -0.144. The van der Waals surface area contributed by atoms with Gasteiger partial charge in [0.15, 0.2) is 11.5 Å². The van der Waals surface area contributed by atoms with Crippen molar-refractivity contribution in [1.29, 1.82) is 0 Å². The zero-order chi connectivity index (χ0) is 15.5. The number of benzene rings is 1. The molecule has 0 atom stereocenters. The summed E-state index contributed by atoms with van der Waals surface area (Å²) >= 11 is 0. The summed E-state index contributed by atoms with van der Waals surface area (Å²) in [7, 11) is 2.00. The number of fused-ring (bicyclic) bond motifs is 1. The molecule has 2 amide bonds. The second kappa shape index (κ2) is 6.23. The Bertz CT molecular complexity index is 582. The highest BCUT2D eigenvalue weighted by atomic mass is 16.6. The molecule has 0 aromatic heterocycles. The van der Waals surface area contributed by atoms with Gasteiger partial charge in [-0.1, -0.05) is 0 Å². The van der Waals surface area contributed by atoms with Crippen LogP contribution in [-0.4, -0.2) is 68.1 Å². The number of hydrogen-bond acceptors (Lipinski definition) is 5. The Morgan fingerprint density at radius 2 is 1.73 bits per heavy atom. The molecule has 2 aliphatic heterocycles. The minimum Gasteiger partial charge on any atom is -0.486 e. The number of anilines is 1. The van der Waals surface area contributed by atoms with Gasteiger partial charge in [0, 0.05) is 37.9 Å². The molecule has 0 saturated carbocycles. The number of amides is 2. The standard InChI is InChI=1S/C15H19N3O4/c1-17-4-6-18(7-5-17)15(20)14(19)16-11-2-3-12-13(10-11)22-9-8-21-12/h2-3,10H,4-9H2,1H3,(H,16,19). The van der Waals surface area contributed by atoms with Crippen molar-refractivity contribution in [2.75, 3.05) is 51.8 Å². The van der Waals surface area contributed by atoms with E-state index in [-0.39, 0.29) is 0 Å². The van der Waals surface area contributed by atoms with Crippen molar-refractivity contribution in [2.24, 2.45) is 0 Å². The normalized spacial score (nSPS) is 18.0. The van der Waals surface area contributed by atoms with Crippen LogP contribution in [0.3, 0.4) is 0 Å². The number of nitrogens with zero attached hydrogens (tertiary/aromatic N) is 2. The SMILES string of the molecule is CN1CCN(C(=O)C(=O)Nc2ccc3c(c2)OCCO3)CC1. The fourth-order valence-corrected chi connectivity index (χ4v) is 2.46. The van der Waals surface area contributed by atoms with Crippen molar-refractivity contribution in [2.45, 2.75) is 0 Å². The third-order valence-electron chi connectivity index (χ3n) is 3.78. The van der Waals surface area contributed by atoms with Gasteiger partial charge in [-0.05, 0) is 19.2 Å². The molecule has 1 fully saturated rings. The molecule has 0 unspecified atom stereocenters. The number of carbonyl (C=O) groups is 2. The molecule has 1 saturated heterocycles. The van der Waals surface area contributed by atoms with Crippen LogP contribution < -0.4 is 14.8 Å². The van der Waals surface area contributed by atoms with Crippen molar-refractivity contribution >= 4 is 17.5 Å². The molecule has 2 heterocycles. The zero-order valence-electron chi connectivity index (χ0n) is 12.5. The van der Waals surface area contributed by atoms with Crippen LogP contribution in [0.25, 0.3) is 0 Å². The number of carbonyl (C=O) groups excluding carboxylic acids is 2. The molecule has 1 N–H and O–H groups in total. The third kappa shape index (κ3) is 3.14. The molecule has 3 rings (SSSR count). The van der Waals surface area contributed by atoms with Crippen LogP contribution >= 0.6 is 0 Å². The second-order valence-corrected chi connectivity index (χ2v) is 5.41. The quantitative estimate of drug-likeness (QED) is 0.749. The summed E-state index contributed by atoms with van der Waals surface area (Å²) in [6.45, 7) is 3.70. The van der Waals surface area contributed by atoms with Crippen LogP contribution in [0.15, 0.2) is 18.2 Å². The van der Waals surface area contributed by atoms with Crippen molar-refractivity contribution < 1.29 is 19.1 Å². The predicted octanol–water partition coefficient (Wildman–Crippen LogP) is 0.170. The minimum absolute atomic E-state index is 0.477. The van der Waals surface area contributed by atoms with E-state index in [1.54, 1.807) is 23.1 Å². The van der Waals surface area contributed by atoms with Crippen molar-refractivity contribution in [3.05, 3.63) is 18.2 Å². The van der Waals surface area contributed by atoms with Gasteiger partial charge in [0.2, 0.25) is 0 Å². The summed E-state index contributed by atoms with van der Waals surface area (Å²) < 4.78 is 10.9. The van der Waals surface area contributed by atoms with Crippen LogP contribution in [0.4, 0.5) is 5.69 Å². The number of likely N-dealkylation sites (N-methyl/N-ethyl adjacent to an activating group) is 1. The van der Waals surface area contributed by atoms with Crippen molar-refractivity contribution in [3.8, 4) is 11.5 Å². The molecule has 7 nitrogen and oxygen atoms in total. The number of rotatable bonds is 1. The molecular weight excluding hydrogens is 286 g/mol. The van der Waals surface area contributed by atoms with E-state index in [2.05, 4.69) is 10.2 Å². The highest BCUT2D eigenvalue weighted by molar-refractivity contribution is 6.39. The lowest BCUT2D eigenvalue weighted by Crippen LogP contribution is -2.50. The van der Waals surface area contributed by atoms with Crippen LogP contribution in [0.1, 0.15) is 0 Å². The first-order valence-electron chi connectivity index (χ1n) is 7.32. The Morgan fingerprint density at radius 1 is 1.05 bits per heavy atom. The van der Waals surface area contributed by atoms with E-state index in [4.69, 9.17) is 9.47 Å². The topological polar surface area (TPSA) is 71.1 Å². The lowest BCUT2D eigenvalue weighted by atomic mass is 10.2. The summed E-state index contributed by atoms with van der Waals surface area (Å²) in [6, 6.07) is 5.09. The molecule has 7 heteroatoms. The first kappa shape index (κ1) is 14.6. The van der Waals surface area contributed by atoms with Crippen molar-refractivity contribution in [1.82, 2.24) is 9.80 Å². The molecule has 1 aromatic rings. The third-order valence-corrected chi connectivity index (χ3v) is 3.78. The van der Waals surface area contributed by atoms with Gasteiger partial charge < -0.3 is 24.6 Å². The van der Waals surface area contributed by atoms with Gasteiger partial charge in [0.05, 0.1) is 0 Å². The van der Waals surface area contributed by atoms with Crippen LogP contribution in [0.5, 0.6) is 11.5 Å². The summed E-state index contributed by atoms with van der Waals surface area (Å²) in [6.07, 6.45) is 0. The highest BCUT2D eigenvalue weighted by Gasteiger charge is 2.25. The molecule has 22 heavy (non-hydrogen) atoms. The van der Waals surface area contributed by atoms with Gasteiger partial charge in [-0.15, -0.1) is 0 Å². The maximum Gasteiger partial charge on any atom is 0.313 e. The maximum absolute atomic E-state index is 12.1. The van der Waals surface area contributed by atoms with Gasteiger partial charge in [-0.25, -0.2) is 0 Å². The molecular formula is C15H19N3O4. The summed E-state index contributed by atoms with van der Waals surface area (Å²) in [5.41, 5.74) is 0.525. The number of hydrogen-bond donors (Lipinski definition) is 1. The molecule has 118 valence electrons. The Kier molecular flexibility index (Phi) is 4.15. The van der Waals surface area contributed by atoms with E-state index in [1.165, 1.54) is 0 Å². The number of piperazine rings is 1. The molecule has 2 aliphatic rings. The molecule has 0 bridgehead atoms. The fourth-order valence-electron chi connectivity index (χ4n) is 2.46. The minimum atomic E-state index is -0.624. The molecule has 0 aliphatic carbocycles. The molecule has 0 radical (unpaired) electrons. The Balaban J connectivity index is 1.62. The summed E-state index contributed by atoms with van der Waals surface area (Å²) in [4.78, 5) is 27.9. The van der Waals surface area contributed by atoms with E-state index in [0.29, 0.717) is 43.5 Å². The average molecular weight is 305 g/mol. The first-order valence-corrected chi connectivity index (χ1v) is 7.32. The fraction of sp³-hybridized carbons (Fsp3) is 0.467. The zero-order valence-corrected chi connectivity index (χ0v) is 12.5. The monoisotopic (exact) mass is 305 g/mol. The number of nitrogens with one attached hydrogen (secondary N) is 1. The smallest absolute Gasteiger partial charge is 0.313 e. The van der Waals surface area contributed by atoms with E-state index >= 15 is 0 Å². The lowest BCUT2D eigenvalue weighted by Gasteiger charge is -2.31. The van der Waals surface area contributed by atoms with Gasteiger partial charge in [-0.2, -0.15) is 0 Å². The number of ether oxygens (including phenoxy) is 2. The molecule has 0 spiro atoms. The Labute approximate surface area is 128 Å². The summed E-state index contributed by atoms with van der Waals surface area (Å²) in [5, 5.41) is 2.62. The maximum atomic E-state index is 12.1. The Morgan fingerprint density at radius 3 is 2.45 bits per heavy atom. The van der Waals surface area contributed by atoms with E-state index in [1.807, 2.05) is 7.05 Å². The summed E-state index contributed by atoms with van der Waals surface area (Å²) in [5.74, 6) is 0.106. The van der Waals surface area contributed by atoms with Gasteiger partial charge in [-0.3, -0.25) is 9.59 Å². The van der Waals surface area contributed by atoms with Crippen LogP contribution in [-0.2, 0) is 9.59 Å². The second-order valence-electron chi connectivity index (χ2n) is 5.41. The van der Waals surface area contributed by atoms with Crippen molar-refractivity contribution in [3.63, 3.8) is 0 Å². The average Bonchev–Trinajstić information content (AvgIpc) is 2.55. The van der Waals surface area contributed by atoms with E-state index in [0.717, 1.165) is 13.1 Å². The highest BCUT2D eigenvalue weighted by Crippen LogP contribution is 2.32. The van der Waals surface area contributed by atoms with Crippen LogP contribution in [0.2, 0.25) is 0 Å².